The lowest BCUT2D eigenvalue weighted by molar-refractivity contribution is 0.737. The lowest BCUT2D eigenvalue weighted by atomic mass is 10.8. The zero-order chi connectivity index (χ0) is 6.85. The molecule has 0 aromatic carbocycles. The van der Waals surface area contributed by atoms with Crippen LogP contribution in [0.3, 0.4) is 0 Å². The molecule has 0 unspecified atom stereocenters. The molecule has 0 atom stereocenters. The van der Waals surface area contributed by atoms with Gasteiger partial charge in [0.1, 0.15) is 0 Å². The number of aromatic nitrogens is 3. The third-order valence-electron chi connectivity index (χ3n) is 0.873. The molecular weight excluding hydrogens is 250 g/mol. The quantitative estimate of drug-likeness (QED) is 0.711. The maximum absolute atomic E-state index is 4.05. The van der Waals surface area contributed by atoms with Gasteiger partial charge < -0.3 is 0 Å². The zero-order valence-corrected chi connectivity index (χ0v) is 7.98. The van der Waals surface area contributed by atoms with E-state index in [0.717, 1.165) is 10.6 Å². The Labute approximate surface area is 69.7 Å². The molecule has 0 bridgehead atoms. The fourth-order valence-electron chi connectivity index (χ4n) is 0.472. The lowest BCUT2D eigenvalue weighted by Crippen LogP contribution is -1.90. The van der Waals surface area contributed by atoms with E-state index in [4.69, 9.17) is 0 Å². The van der Waals surface area contributed by atoms with E-state index >= 15 is 0 Å². The van der Waals surface area contributed by atoms with Gasteiger partial charge in [-0.15, -0.1) is 0 Å². The van der Waals surface area contributed by atoms with Crippen molar-refractivity contribution in [1.29, 1.82) is 0 Å². The molecule has 0 spiro atoms. The molecule has 1 aromatic heterocycles. The van der Waals surface area contributed by atoms with Crippen LogP contribution in [0.2, 0.25) is 0 Å². The number of halogens is 2. The Morgan fingerprint density at radius 1 is 1.67 bits per heavy atom. The summed E-state index contributed by atoms with van der Waals surface area (Å²) >= 11 is 6.47. The second kappa shape index (κ2) is 2.79. The highest BCUT2D eigenvalue weighted by molar-refractivity contribution is 9.10. The van der Waals surface area contributed by atoms with Crippen LogP contribution in [0.25, 0.3) is 0 Å². The fraction of sp³-hybridized carbons (Fsp3) is 0.500. The van der Waals surface area contributed by atoms with E-state index < -0.39 is 0 Å². The second-order valence-corrected chi connectivity index (χ2v) is 2.82. The maximum atomic E-state index is 4.05. The summed E-state index contributed by atoms with van der Waals surface area (Å²) in [7, 11) is 1.84. The summed E-state index contributed by atoms with van der Waals surface area (Å²) in [6, 6.07) is 0. The molecule has 0 radical (unpaired) electrons. The summed E-state index contributed by atoms with van der Waals surface area (Å²) in [5.74, 6) is 0.796. The SMILES string of the molecule is Cn1nc(CBr)nc1Br. The van der Waals surface area contributed by atoms with Crippen molar-refractivity contribution in [2.75, 3.05) is 0 Å². The predicted molar refractivity (Wildman–Crippen MR) is 41.3 cm³/mol. The zero-order valence-electron chi connectivity index (χ0n) is 4.80. The van der Waals surface area contributed by atoms with Crippen LogP contribution < -0.4 is 0 Å². The fourth-order valence-corrected chi connectivity index (χ4v) is 0.994. The van der Waals surface area contributed by atoms with Gasteiger partial charge in [0.25, 0.3) is 0 Å². The molecule has 0 fully saturated rings. The lowest BCUT2D eigenvalue weighted by Gasteiger charge is -1.83. The Kier molecular flexibility index (Phi) is 2.23. The smallest absolute Gasteiger partial charge is 0.195 e. The van der Waals surface area contributed by atoms with Crippen LogP contribution in [0.15, 0.2) is 4.73 Å². The highest BCUT2D eigenvalue weighted by Gasteiger charge is 1.99. The molecule has 0 saturated carbocycles. The van der Waals surface area contributed by atoms with E-state index in [9.17, 15) is 0 Å². The standard InChI is InChI=1S/C4H5Br2N3/c1-9-4(6)7-3(2-5)8-9/h2H2,1H3. The van der Waals surface area contributed by atoms with E-state index in [-0.39, 0.29) is 0 Å². The van der Waals surface area contributed by atoms with Crippen molar-refractivity contribution in [1.82, 2.24) is 14.8 Å². The Hall–Kier alpha value is 0.1000. The van der Waals surface area contributed by atoms with Gasteiger partial charge in [0, 0.05) is 7.05 Å². The number of aryl methyl sites for hydroxylation is 1. The van der Waals surface area contributed by atoms with E-state index in [2.05, 4.69) is 41.9 Å². The largest absolute Gasteiger partial charge is 0.243 e. The third-order valence-corrected chi connectivity index (χ3v) is 2.07. The molecule has 0 N–H and O–H groups in total. The van der Waals surface area contributed by atoms with Gasteiger partial charge in [-0.05, 0) is 15.9 Å². The summed E-state index contributed by atoms with van der Waals surface area (Å²) in [4.78, 5) is 4.05. The molecule has 1 aromatic rings. The van der Waals surface area contributed by atoms with Crippen molar-refractivity contribution in [3.05, 3.63) is 10.6 Å². The van der Waals surface area contributed by atoms with Crippen LogP contribution in [0.4, 0.5) is 0 Å². The van der Waals surface area contributed by atoms with Gasteiger partial charge in [-0.1, -0.05) is 15.9 Å². The number of hydrogen-bond donors (Lipinski definition) is 0. The molecule has 1 heterocycles. The Morgan fingerprint density at radius 2 is 2.33 bits per heavy atom. The molecule has 0 aliphatic heterocycles. The molecule has 0 aliphatic carbocycles. The highest BCUT2D eigenvalue weighted by atomic mass is 79.9. The van der Waals surface area contributed by atoms with Gasteiger partial charge in [0.05, 0.1) is 5.33 Å². The van der Waals surface area contributed by atoms with E-state index in [1.54, 1.807) is 4.68 Å². The minimum atomic E-state index is 0.701. The Bertz CT molecular complexity index is 188. The summed E-state index contributed by atoms with van der Waals surface area (Å²) in [6.07, 6.45) is 0. The summed E-state index contributed by atoms with van der Waals surface area (Å²) in [6.45, 7) is 0. The van der Waals surface area contributed by atoms with Crippen LogP contribution >= 0.6 is 31.9 Å². The first kappa shape index (κ1) is 7.21. The third kappa shape index (κ3) is 1.52. The molecule has 3 nitrogen and oxygen atoms in total. The topological polar surface area (TPSA) is 30.7 Å². The molecule has 50 valence electrons. The second-order valence-electron chi connectivity index (χ2n) is 1.55. The predicted octanol–water partition coefficient (Wildman–Crippen LogP) is 1.47. The maximum Gasteiger partial charge on any atom is 0.195 e. The molecular formula is C4H5Br2N3. The molecule has 9 heavy (non-hydrogen) atoms. The number of rotatable bonds is 1. The molecule has 0 saturated heterocycles. The van der Waals surface area contributed by atoms with Gasteiger partial charge in [-0.2, -0.15) is 5.10 Å². The first-order valence-corrected chi connectivity index (χ1v) is 4.27. The molecule has 0 amide bonds. The monoisotopic (exact) mass is 253 g/mol. The van der Waals surface area contributed by atoms with Crippen LogP contribution in [0.5, 0.6) is 0 Å². The van der Waals surface area contributed by atoms with Gasteiger partial charge in [-0.25, -0.2) is 9.67 Å². The van der Waals surface area contributed by atoms with Gasteiger partial charge in [0.2, 0.25) is 0 Å². The van der Waals surface area contributed by atoms with Crippen molar-refractivity contribution in [3.8, 4) is 0 Å². The summed E-state index contributed by atoms with van der Waals surface area (Å²) < 4.78 is 2.44. The van der Waals surface area contributed by atoms with Crippen LogP contribution in [-0.2, 0) is 12.4 Å². The average molecular weight is 255 g/mol. The molecule has 5 heteroatoms. The van der Waals surface area contributed by atoms with Crippen molar-refractivity contribution >= 4 is 31.9 Å². The van der Waals surface area contributed by atoms with Crippen molar-refractivity contribution in [2.45, 2.75) is 5.33 Å². The van der Waals surface area contributed by atoms with Crippen molar-refractivity contribution < 1.29 is 0 Å². The van der Waals surface area contributed by atoms with Crippen molar-refractivity contribution in [3.63, 3.8) is 0 Å². The number of alkyl halides is 1. The Morgan fingerprint density at radius 3 is 2.56 bits per heavy atom. The normalized spacial score (nSPS) is 10.1. The molecule has 1 rings (SSSR count). The van der Waals surface area contributed by atoms with E-state index in [1.807, 2.05) is 7.05 Å². The summed E-state index contributed by atoms with van der Waals surface area (Å²) in [5, 5.41) is 4.74. The number of nitrogens with zero attached hydrogens (tertiary/aromatic N) is 3. The van der Waals surface area contributed by atoms with Crippen LogP contribution in [0.1, 0.15) is 5.82 Å². The van der Waals surface area contributed by atoms with Crippen LogP contribution in [-0.4, -0.2) is 14.8 Å². The van der Waals surface area contributed by atoms with Gasteiger partial charge >= 0.3 is 0 Å². The van der Waals surface area contributed by atoms with E-state index in [1.165, 1.54) is 0 Å². The number of hydrogen-bond acceptors (Lipinski definition) is 2. The summed E-state index contributed by atoms with van der Waals surface area (Å²) in [5.41, 5.74) is 0. The highest BCUT2D eigenvalue weighted by Crippen LogP contribution is 2.06. The Balaban J connectivity index is 2.98. The minimum Gasteiger partial charge on any atom is -0.243 e. The first-order valence-electron chi connectivity index (χ1n) is 2.35. The first-order chi connectivity index (χ1) is 4.24. The van der Waals surface area contributed by atoms with Gasteiger partial charge in [-0.3, -0.25) is 0 Å². The average Bonchev–Trinajstić information content (AvgIpc) is 2.13. The van der Waals surface area contributed by atoms with Gasteiger partial charge in [0.15, 0.2) is 10.6 Å². The minimum absolute atomic E-state index is 0.701. The van der Waals surface area contributed by atoms with E-state index in [0.29, 0.717) is 5.33 Å². The van der Waals surface area contributed by atoms with Crippen LogP contribution in [0, 0.1) is 0 Å². The molecule has 0 aliphatic rings. The van der Waals surface area contributed by atoms with Crippen molar-refractivity contribution in [2.24, 2.45) is 7.05 Å².